The van der Waals surface area contributed by atoms with Crippen molar-refractivity contribution in [1.82, 2.24) is 19.9 Å². The Balaban J connectivity index is 1.70. The molecule has 0 aliphatic carbocycles. The third-order valence-electron chi connectivity index (χ3n) is 4.62. The second-order valence-electron chi connectivity index (χ2n) is 6.11. The third-order valence-corrected chi connectivity index (χ3v) is 4.62. The predicted molar refractivity (Wildman–Crippen MR) is 81.3 cm³/mol. The molecule has 2 aromatic heterocycles. The van der Waals surface area contributed by atoms with Gasteiger partial charge in [-0.3, -0.25) is 0 Å². The van der Waals surface area contributed by atoms with Crippen LogP contribution in [0.1, 0.15) is 37.4 Å². The number of rotatable bonds is 3. The average molecular weight is 286 g/mol. The Bertz CT molecular complexity index is 612. The van der Waals surface area contributed by atoms with E-state index in [0.717, 1.165) is 50.2 Å². The summed E-state index contributed by atoms with van der Waals surface area (Å²) in [7, 11) is 0. The number of nitrogens with zero attached hydrogens (tertiary/aromatic N) is 3. The van der Waals surface area contributed by atoms with Crippen molar-refractivity contribution < 1.29 is 4.74 Å². The zero-order valence-electron chi connectivity index (χ0n) is 12.3. The van der Waals surface area contributed by atoms with E-state index in [9.17, 15) is 0 Å². The van der Waals surface area contributed by atoms with Crippen LogP contribution in [-0.2, 0) is 11.3 Å². The molecule has 2 unspecified atom stereocenters. The van der Waals surface area contributed by atoms with Crippen LogP contribution < -0.4 is 5.32 Å². The number of fused-ring (bicyclic) bond motifs is 1. The van der Waals surface area contributed by atoms with Gasteiger partial charge in [-0.2, -0.15) is 0 Å². The number of pyridine rings is 1. The lowest BCUT2D eigenvalue weighted by Crippen LogP contribution is -2.26. The molecule has 0 radical (unpaired) electrons. The van der Waals surface area contributed by atoms with Gasteiger partial charge >= 0.3 is 0 Å². The van der Waals surface area contributed by atoms with Crippen LogP contribution in [0.2, 0.25) is 0 Å². The Hall–Kier alpha value is -1.46. The summed E-state index contributed by atoms with van der Waals surface area (Å²) in [5.74, 6) is 1.69. The summed E-state index contributed by atoms with van der Waals surface area (Å²) in [6.07, 6.45) is 6.94. The molecule has 2 atom stereocenters. The molecule has 5 heteroatoms. The van der Waals surface area contributed by atoms with Crippen molar-refractivity contribution in [1.29, 1.82) is 0 Å². The van der Waals surface area contributed by atoms with Crippen LogP contribution >= 0.6 is 0 Å². The highest BCUT2D eigenvalue weighted by molar-refractivity contribution is 5.71. The molecule has 2 aliphatic rings. The molecule has 4 rings (SSSR count). The molecule has 2 fully saturated rings. The van der Waals surface area contributed by atoms with E-state index in [1.54, 1.807) is 0 Å². The molecule has 2 aliphatic heterocycles. The van der Waals surface area contributed by atoms with E-state index in [-0.39, 0.29) is 0 Å². The Morgan fingerprint density at radius 3 is 3.14 bits per heavy atom. The van der Waals surface area contributed by atoms with Gasteiger partial charge in [-0.1, -0.05) is 0 Å². The number of imidazole rings is 1. The van der Waals surface area contributed by atoms with Crippen LogP contribution in [0, 0.1) is 0 Å². The number of ether oxygens (including phenoxy) is 1. The molecule has 0 saturated carbocycles. The first kappa shape index (κ1) is 13.2. The van der Waals surface area contributed by atoms with Gasteiger partial charge in [-0.25, -0.2) is 9.97 Å². The Kier molecular flexibility index (Phi) is 3.61. The normalized spacial score (nSPS) is 26.5. The summed E-state index contributed by atoms with van der Waals surface area (Å²) >= 11 is 0. The summed E-state index contributed by atoms with van der Waals surface area (Å²) in [6.45, 7) is 3.89. The van der Waals surface area contributed by atoms with Gasteiger partial charge in [0.1, 0.15) is 11.3 Å². The molecule has 4 heterocycles. The first-order valence-electron chi connectivity index (χ1n) is 8.05. The maximum Gasteiger partial charge on any atom is 0.160 e. The first-order valence-corrected chi connectivity index (χ1v) is 8.05. The summed E-state index contributed by atoms with van der Waals surface area (Å²) < 4.78 is 8.23. The molecule has 0 amide bonds. The molecule has 2 saturated heterocycles. The number of hydrogen-bond acceptors (Lipinski definition) is 4. The highest BCUT2D eigenvalue weighted by Gasteiger charge is 2.26. The minimum atomic E-state index is 0.311. The largest absolute Gasteiger partial charge is 0.376 e. The van der Waals surface area contributed by atoms with Crippen LogP contribution in [0.5, 0.6) is 0 Å². The molecule has 2 aromatic rings. The molecule has 0 aromatic carbocycles. The quantitative estimate of drug-likeness (QED) is 0.938. The van der Waals surface area contributed by atoms with E-state index in [0.29, 0.717) is 12.0 Å². The van der Waals surface area contributed by atoms with Crippen LogP contribution in [0.3, 0.4) is 0 Å². The van der Waals surface area contributed by atoms with Crippen molar-refractivity contribution in [2.45, 2.75) is 44.2 Å². The summed E-state index contributed by atoms with van der Waals surface area (Å²) in [4.78, 5) is 9.43. The van der Waals surface area contributed by atoms with Crippen molar-refractivity contribution in [3.63, 3.8) is 0 Å². The van der Waals surface area contributed by atoms with Gasteiger partial charge < -0.3 is 14.6 Å². The van der Waals surface area contributed by atoms with E-state index in [2.05, 4.69) is 20.9 Å². The molecule has 112 valence electrons. The Morgan fingerprint density at radius 1 is 1.33 bits per heavy atom. The zero-order chi connectivity index (χ0) is 14.1. The van der Waals surface area contributed by atoms with Crippen molar-refractivity contribution in [3.05, 3.63) is 24.2 Å². The third kappa shape index (κ3) is 2.56. The van der Waals surface area contributed by atoms with Crippen molar-refractivity contribution in [3.8, 4) is 0 Å². The standard InChI is InChI=1S/C16H22N4O/c1-2-9-21-13(4-1)11-20-15(12-6-8-17-10-12)19-14-5-3-7-18-16(14)20/h3,5,7,12-13,17H,1-2,4,6,8-11H2. The van der Waals surface area contributed by atoms with Gasteiger partial charge in [0, 0.05) is 25.3 Å². The summed E-state index contributed by atoms with van der Waals surface area (Å²) in [5.41, 5.74) is 2.02. The lowest BCUT2D eigenvalue weighted by Gasteiger charge is -2.24. The topological polar surface area (TPSA) is 52.0 Å². The smallest absolute Gasteiger partial charge is 0.160 e. The minimum absolute atomic E-state index is 0.311. The Labute approximate surface area is 124 Å². The number of aromatic nitrogens is 3. The van der Waals surface area contributed by atoms with E-state index in [1.807, 2.05) is 12.3 Å². The van der Waals surface area contributed by atoms with Crippen LogP contribution in [-0.4, -0.2) is 40.3 Å². The van der Waals surface area contributed by atoms with Crippen molar-refractivity contribution in [2.24, 2.45) is 0 Å². The van der Waals surface area contributed by atoms with E-state index < -0.39 is 0 Å². The van der Waals surface area contributed by atoms with E-state index in [4.69, 9.17) is 9.72 Å². The van der Waals surface area contributed by atoms with Gasteiger partial charge in [0.25, 0.3) is 0 Å². The van der Waals surface area contributed by atoms with Crippen LogP contribution in [0.4, 0.5) is 0 Å². The summed E-state index contributed by atoms with van der Waals surface area (Å²) in [5, 5.41) is 3.44. The van der Waals surface area contributed by atoms with E-state index >= 15 is 0 Å². The fourth-order valence-electron chi connectivity index (χ4n) is 3.50. The molecule has 0 bridgehead atoms. The van der Waals surface area contributed by atoms with Crippen molar-refractivity contribution in [2.75, 3.05) is 19.7 Å². The van der Waals surface area contributed by atoms with Gasteiger partial charge in [-0.05, 0) is 44.4 Å². The van der Waals surface area contributed by atoms with E-state index in [1.165, 1.54) is 18.7 Å². The predicted octanol–water partition coefficient (Wildman–Crippen LogP) is 2.08. The molecular weight excluding hydrogens is 264 g/mol. The Morgan fingerprint density at radius 2 is 2.33 bits per heavy atom. The fraction of sp³-hybridized carbons (Fsp3) is 0.625. The zero-order valence-corrected chi connectivity index (χ0v) is 12.3. The number of nitrogens with one attached hydrogen (secondary N) is 1. The average Bonchev–Trinajstić information content (AvgIpc) is 3.16. The summed E-state index contributed by atoms with van der Waals surface area (Å²) in [6, 6.07) is 4.03. The maximum absolute atomic E-state index is 5.93. The monoisotopic (exact) mass is 286 g/mol. The second-order valence-corrected chi connectivity index (χ2v) is 6.11. The highest BCUT2D eigenvalue weighted by Crippen LogP contribution is 2.27. The molecular formula is C16H22N4O. The van der Waals surface area contributed by atoms with Gasteiger partial charge in [0.15, 0.2) is 5.65 Å². The lowest BCUT2D eigenvalue weighted by atomic mass is 10.1. The molecule has 1 N–H and O–H groups in total. The van der Waals surface area contributed by atoms with Crippen LogP contribution in [0.15, 0.2) is 18.3 Å². The SMILES string of the molecule is c1cnc2c(c1)nc(C1CCNC1)n2CC1CCCCO1. The maximum atomic E-state index is 5.93. The highest BCUT2D eigenvalue weighted by atomic mass is 16.5. The van der Waals surface area contributed by atoms with Gasteiger partial charge in [-0.15, -0.1) is 0 Å². The first-order chi connectivity index (χ1) is 10.4. The van der Waals surface area contributed by atoms with Gasteiger partial charge in [0.05, 0.1) is 12.6 Å². The molecule has 5 nitrogen and oxygen atoms in total. The molecule has 0 spiro atoms. The lowest BCUT2D eigenvalue weighted by molar-refractivity contribution is 0.00598. The van der Waals surface area contributed by atoms with Crippen molar-refractivity contribution >= 4 is 11.2 Å². The molecule has 21 heavy (non-hydrogen) atoms. The number of hydrogen-bond donors (Lipinski definition) is 1. The van der Waals surface area contributed by atoms with Gasteiger partial charge in [0.2, 0.25) is 0 Å². The minimum Gasteiger partial charge on any atom is -0.376 e. The van der Waals surface area contributed by atoms with Crippen LogP contribution in [0.25, 0.3) is 11.2 Å². The fourth-order valence-corrected chi connectivity index (χ4v) is 3.50. The second kappa shape index (κ2) is 5.73.